The Balaban J connectivity index is 3.40. The zero-order valence-electron chi connectivity index (χ0n) is 32.0. The maximum Gasteiger partial charge on any atom is 0.471 e. The van der Waals surface area contributed by atoms with Gasteiger partial charge in [0.2, 0.25) is 0 Å². The summed E-state index contributed by atoms with van der Waals surface area (Å²) in [4.78, 5) is 13.0. The van der Waals surface area contributed by atoms with Crippen molar-refractivity contribution in [2.75, 3.05) is 6.61 Å². The van der Waals surface area contributed by atoms with E-state index in [1.54, 1.807) is 20.8 Å². The van der Waals surface area contributed by atoms with Crippen molar-refractivity contribution in [3.8, 4) is 5.75 Å². The number of benzene rings is 1. The quantitative estimate of drug-likeness (QED) is 0.0858. The number of rotatable bonds is 22. The van der Waals surface area contributed by atoms with Crippen LogP contribution in [0.3, 0.4) is 0 Å². The lowest BCUT2D eigenvalue weighted by Crippen LogP contribution is -2.74. The van der Waals surface area contributed by atoms with E-state index in [-0.39, 0.29) is 29.5 Å². The molecule has 62 heavy (non-hydrogen) atoms. The van der Waals surface area contributed by atoms with Crippen molar-refractivity contribution in [3.63, 3.8) is 0 Å². The van der Waals surface area contributed by atoms with Crippen molar-refractivity contribution >= 4 is 5.97 Å². The highest BCUT2D eigenvalue weighted by molar-refractivity contribution is 5.73. The first-order valence-electron chi connectivity index (χ1n) is 16.9. The maximum atomic E-state index is 14.4. The van der Waals surface area contributed by atoms with E-state index in [0.717, 1.165) is 4.74 Å². The molecule has 1 unspecified atom stereocenters. The normalized spacial score (nSPS) is 16.0. The van der Waals surface area contributed by atoms with Crippen LogP contribution in [0.1, 0.15) is 66.4 Å². The number of carbonyl (C=O) groups excluding carboxylic acids is 1. The van der Waals surface area contributed by atoms with Gasteiger partial charge in [0.1, 0.15) is 5.75 Å². The van der Waals surface area contributed by atoms with Gasteiger partial charge in [0, 0.05) is 6.42 Å². The lowest BCUT2D eigenvalue weighted by molar-refractivity contribution is -0.529. The first kappa shape index (κ1) is 56.7. The van der Waals surface area contributed by atoms with E-state index >= 15 is 0 Å². The molecule has 0 spiro atoms. The molecule has 0 aliphatic rings. The smallest absolute Gasteiger partial charge is 0.465 e. The summed E-state index contributed by atoms with van der Waals surface area (Å²) in [5.74, 6) is -74.0. The van der Waals surface area contributed by atoms with Crippen LogP contribution in [-0.2, 0) is 20.7 Å². The van der Waals surface area contributed by atoms with Gasteiger partial charge in [-0.3, -0.25) is 4.79 Å². The van der Waals surface area contributed by atoms with Crippen LogP contribution >= 0.6 is 0 Å². The molecule has 0 fully saturated rings. The summed E-state index contributed by atoms with van der Waals surface area (Å²) in [6.45, 7) is 10.6. The van der Waals surface area contributed by atoms with Crippen molar-refractivity contribution in [1.82, 2.24) is 0 Å². The molecule has 1 aromatic carbocycles. The third-order valence-electron chi connectivity index (χ3n) is 9.73. The van der Waals surface area contributed by atoms with Gasteiger partial charge in [0.25, 0.3) is 0 Å². The second kappa shape index (κ2) is 16.9. The van der Waals surface area contributed by atoms with Crippen LogP contribution in [0.5, 0.6) is 5.75 Å². The number of hydrogen-bond donors (Lipinski definition) is 0. The van der Waals surface area contributed by atoms with E-state index in [1.165, 1.54) is 0 Å². The molecule has 364 valence electrons. The first-order valence-corrected chi connectivity index (χ1v) is 16.9. The molecule has 0 aromatic heterocycles. The largest absolute Gasteiger partial charge is 0.471 e. The minimum Gasteiger partial charge on any atom is -0.465 e. The van der Waals surface area contributed by atoms with Crippen LogP contribution in [0.25, 0.3) is 0 Å². The molecule has 1 rings (SSSR count). The number of carbonyl (C=O) groups is 1. The van der Waals surface area contributed by atoms with E-state index < -0.39 is 102 Å². The third kappa shape index (κ3) is 9.70. The topological polar surface area (TPSA) is 44.8 Å². The summed E-state index contributed by atoms with van der Waals surface area (Å²) in [6, 6.07) is 1.69. The summed E-state index contributed by atoms with van der Waals surface area (Å²) < 4.78 is 350. The fourth-order valence-electron chi connectivity index (χ4n) is 4.73. The number of halogens is 25. The van der Waals surface area contributed by atoms with Crippen molar-refractivity contribution < 1.29 is 129 Å². The Morgan fingerprint density at radius 3 is 1.19 bits per heavy atom. The van der Waals surface area contributed by atoms with Crippen LogP contribution in [0, 0.1) is 16.7 Å². The monoisotopic (exact) mass is 968 g/mol. The van der Waals surface area contributed by atoms with Crippen LogP contribution < -0.4 is 4.74 Å². The van der Waals surface area contributed by atoms with Crippen LogP contribution in [-0.4, -0.2) is 84.5 Å². The molecular weight excluding hydrogens is 935 g/mol. The number of esters is 1. The molecule has 0 saturated carbocycles. The molecule has 0 heterocycles. The van der Waals surface area contributed by atoms with Gasteiger partial charge < -0.3 is 9.47 Å². The maximum absolute atomic E-state index is 14.4. The Labute approximate surface area is 333 Å². The highest BCUT2D eigenvalue weighted by Gasteiger charge is 2.95. The van der Waals surface area contributed by atoms with Crippen molar-refractivity contribution in [3.05, 3.63) is 29.8 Å². The average molecular weight is 969 g/mol. The molecule has 0 amide bonds. The fraction of sp³-hybridized carbons (Fsp3) is 0.788. The number of ether oxygens (including phenoxy) is 3. The Hall–Kier alpha value is -3.30. The molecule has 29 heteroatoms. The fourth-order valence-corrected chi connectivity index (χ4v) is 4.73. The van der Waals surface area contributed by atoms with E-state index in [2.05, 4.69) is 4.74 Å². The molecule has 1 atom stereocenters. The molecule has 0 aliphatic carbocycles. The molecule has 0 bridgehead atoms. The molecule has 0 N–H and O–H groups in total. The van der Waals surface area contributed by atoms with Gasteiger partial charge >= 0.3 is 77.9 Å². The zero-order valence-corrected chi connectivity index (χ0v) is 32.0. The van der Waals surface area contributed by atoms with E-state index in [1.807, 2.05) is 20.8 Å². The average Bonchev–Trinajstić information content (AvgIpc) is 3.09. The lowest BCUT2D eigenvalue weighted by Gasteiger charge is -2.42. The molecular formula is C33H33F25O4. The molecule has 4 nitrogen and oxygen atoms in total. The van der Waals surface area contributed by atoms with Crippen LogP contribution in [0.2, 0.25) is 0 Å². The summed E-state index contributed by atoms with van der Waals surface area (Å²) >= 11 is 0. The summed E-state index contributed by atoms with van der Waals surface area (Å²) in [6.07, 6.45) is -31.9. The van der Waals surface area contributed by atoms with Gasteiger partial charge in [-0.15, -0.1) is 0 Å². The lowest BCUT2D eigenvalue weighted by atomic mass is 9.68. The Morgan fingerprint density at radius 1 is 0.500 bits per heavy atom. The third-order valence-corrected chi connectivity index (χ3v) is 9.73. The second-order valence-electron chi connectivity index (χ2n) is 15.0. The van der Waals surface area contributed by atoms with Crippen molar-refractivity contribution in [1.29, 1.82) is 0 Å². The molecule has 0 aliphatic heterocycles. The van der Waals surface area contributed by atoms with E-state index in [4.69, 9.17) is 4.74 Å². The summed E-state index contributed by atoms with van der Waals surface area (Å²) in [5.41, 5.74) is -0.945. The highest BCUT2D eigenvalue weighted by atomic mass is 19.4. The molecule has 0 radical (unpaired) electrons. The van der Waals surface area contributed by atoms with E-state index in [9.17, 15) is 115 Å². The van der Waals surface area contributed by atoms with Gasteiger partial charge in [-0.05, 0) is 34.9 Å². The van der Waals surface area contributed by atoms with Crippen LogP contribution in [0.4, 0.5) is 110 Å². The van der Waals surface area contributed by atoms with Crippen molar-refractivity contribution in [2.24, 2.45) is 16.7 Å². The highest BCUT2D eigenvalue weighted by Crippen LogP contribution is 2.64. The second-order valence-corrected chi connectivity index (χ2v) is 15.0. The predicted octanol–water partition coefficient (Wildman–Crippen LogP) is 13.5. The Morgan fingerprint density at radius 2 is 0.855 bits per heavy atom. The zero-order chi connectivity index (χ0) is 49.8. The van der Waals surface area contributed by atoms with Crippen molar-refractivity contribution in [2.45, 2.75) is 139 Å². The van der Waals surface area contributed by atoms with Crippen LogP contribution in [0.15, 0.2) is 24.3 Å². The molecule has 0 saturated heterocycles. The van der Waals surface area contributed by atoms with Gasteiger partial charge in [-0.1, -0.05) is 66.5 Å². The Bertz CT molecular complexity index is 1680. The number of hydrogen-bond acceptors (Lipinski definition) is 4. The predicted molar refractivity (Wildman–Crippen MR) is 160 cm³/mol. The van der Waals surface area contributed by atoms with Gasteiger partial charge in [0.05, 0.1) is 12.5 Å². The minimum atomic E-state index is -9.11. The summed E-state index contributed by atoms with van der Waals surface area (Å²) in [5, 5.41) is 0. The molecule has 1 aromatic rings. The number of alkyl halides is 25. The van der Waals surface area contributed by atoms with Gasteiger partial charge in [-0.25, -0.2) is 4.74 Å². The van der Waals surface area contributed by atoms with Gasteiger partial charge in [-0.2, -0.15) is 110 Å². The standard InChI is InChI=1S/C33H33F25O4/c1-7-20(3,4)15-18(21(5,6)8-2)19(59)60-14-13-16-9-11-17(12-10-16)61-31(53,54)27(44,45)24(38,39)25(40,41)29(48,49)33(57,58)62-32(55,56)28(46,47)23(36,37)22(34,35)26(42,43)30(50,51)52/h9-12,18H,7-8,13-15H2,1-6H3. The summed E-state index contributed by atoms with van der Waals surface area (Å²) in [7, 11) is 0. The van der Waals surface area contributed by atoms with E-state index in [0.29, 0.717) is 31.4 Å². The minimum absolute atomic E-state index is 0.0444. The SMILES string of the molecule is CCC(C)(C)CC(C(=O)OCCc1ccc(OC(F)(F)C(F)(F)C(F)(F)C(F)(F)C(F)(F)C(F)(F)OC(F)(F)C(F)(F)C(F)(F)C(F)(F)C(F)(F)C(F)(F)F)cc1)C(C)(C)CC. The first-order chi connectivity index (χ1) is 27.0. The Kier molecular flexibility index (Phi) is 15.5. The van der Waals surface area contributed by atoms with Gasteiger partial charge in [0.15, 0.2) is 0 Å².